The quantitative estimate of drug-likeness (QED) is 0.350. The van der Waals surface area contributed by atoms with Gasteiger partial charge in [0.1, 0.15) is 12.4 Å². The summed E-state index contributed by atoms with van der Waals surface area (Å²) >= 11 is 0. The lowest BCUT2D eigenvalue weighted by atomic mass is 10.3. The maximum atomic E-state index is 11.3. The van der Waals surface area contributed by atoms with Gasteiger partial charge < -0.3 is 4.57 Å². The van der Waals surface area contributed by atoms with Gasteiger partial charge in [0.2, 0.25) is 0 Å². The van der Waals surface area contributed by atoms with Crippen LogP contribution >= 0.6 is 0 Å². The summed E-state index contributed by atoms with van der Waals surface area (Å²) in [6, 6.07) is 4.32. The number of hydrazine groups is 1. The van der Waals surface area contributed by atoms with Crippen molar-refractivity contribution in [2.75, 3.05) is 0 Å². The van der Waals surface area contributed by atoms with Crippen LogP contribution < -0.4 is 11.3 Å². The average molecular weight is 249 g/mol. The highest BCUT2D eigenvalue weighted by molar-refractivity contribution is 5.82. The zero-order chi connectivity index (χ0) is 13.3. The summed E-state index contributed by atoms with van der Waals surface area (Å²) in [7, 11) is 0. The second kappa shape index (κ2) is 4.41. The molecule has 0 saturated carbocycles. The topological polar surface area (TPSA) is 116 Å². The first-order chi connectivity index (χ1) is 8.52. The van der Waals surface area contributed by atoms with E-state index in [1.54, 1.807) is 17.6 Å². The minimum Gasteiger partial charge on any atom is -0.319 e. The van der Waals surface area contributed by atoms with Crippen LogP contribution in [0.1, 0.15) is 5.82 Å². The Morgan fingerprint density at radius 2 is 2.33 bits per heavy atom. The number of nitrogens with one attached hydrogen (secondary N) is 1. The van der Waals surface area contributed by atoms with Crippen LogP contribution in [0.25, 0.3) is 11.0 Å². The van der Waals surface area contributed by atoms with E-state index >= 15 is 0 Å². The Balaban J connectivity index is 2.52. The van der Waals surface area contributed by atoms with E-state index in [1.165, 1.54) is 12.1 Å². The van der Waals surface area contributed by atoms with E-state index in [2.05, 4.69) is 4.98 Å². The number of carbonyl (C=O) groups is 1. The van der Waals surface area contributed by atoms with Gasteiger partial charge in [0.25, 0.3) is 11.6 Å². The molecule has 1 aromatic heterocycles. The summed E-state index contributed by atoms with van der Waals surface area (Å²) in [5.74, 6) is 5.25. The van der Waals surface area contributed by atoms with Crippen LogP contribution in [0.15, 0.2) is 18.2 Å². The van der Waals surface area contributed by atoms with E-state index in [0.717, 1.165) is 0 Å². The van der Waals surface area contributed by atoms with Gasteiger partial charge >= 0.3 is 0 Å². The van der Waals surface area contributed by atoms with Gasteiger partial charge in [0.15, 0.2) is 0 Å². The molecular weight excluding hydrogens is 238 g/mol. The lowest BCUT2D eigenvalue weighted by Crippen LogP contribution is -2.33. The van der Waals surface area contributed by atoms with Gasteiger partial charge in [-0.15, -0.1) is 0 Å². The molecule has 8 heteroatoms. The van der Waals surface area contributed by atoms with Crippen LogP contribution in [0.2, 0.25) is 0 Å². The van der Waals surface area contributed by atoms with E-state index < -0.39 is 4.92 Å². The molecule has 1 aromatic carbocycles. The number of amides is 1. The first-order valence-electron chi connectivity index (χ1n) is 5.13. The molecule has 0 fully saturated rings. The number of aromatic nitrogens is 2. The molecule has 0 aliphatic carbocycles. The van der Waals surface area contributed by atoms with Crippen LogP contribution in [0.4, 0.5) is 5.69 Å². The lowest BCUT2D eigenvalue weighted by molar-refractivity contribution is -0.384. The summed E-state index contributed by atoms with van der Waals surface area (Å²) < 4.78 is 1.64. The summed E-state index contributed by atoms with van der Waals surface area (Å²) in [5.41, 5.74) is 3.13. The smallest absolute Gasteiger partial charge is 0.271 e. The van der Waals surface area contributed by atoms with Crippen molar-refractivity contribution >= 4 is 22.6 Å². The third-order valence-corrected chi connectivity index (χ3v) is 2.60. The molecular formula is C10H11N5O3. The Morgan fingerprint density at radius 3 is 2.94 bits per heavy atom. The van der Waals surface area contributed by atoms with E-state index in [1.807, 2.05) is 5.43 Å². The Kier molecular flexibility index (Phi) is 2.94. The highest BCUT2D eigenvalue weighted by Crippen LogP contribution is 2.21. The van der Waals surface area contributed by atoms with Crippen molar-refractivity contribution < 1.29 is 9.72 Å². The molecule has 1 amide bonds. The van der Waals surface area contributed by atoms with Crippen LogP contribution in [0.5, 0.6) is 0 Å². The molecule has 0 atom stereocenters. The molecule has 3 N–H and O–H groups in total. The fourth-order valence-electron chi connectivity index (χ4n) is 1.74. The molecule has 2 rings (SSSR count). The highest BCUT2D eigenvalue weighted by Gasteiger charge is 2.13. The molecule has 0 aliphatic heterocycles. The minimum atomic E-state index is -0.486. The largest absolute Gasteiger partial charge is 0.319 e. The number of rotatable bonds is 3. The molecule has 1 heterocycles. The number of non-ortho nitro benzene ring substituents is 1. The molecule has 94 valence electrons. The average Bonchev–Trinajstić information content (AvgIpc) is 2.64. The molecule has 18 heavy (non-hydrogen) atoms. The maximum absolute atomic E-state index is 11.3. The standard InChI is InChI=1S/C10H11N5O3/c1-6-12-8-4-7(15(17)18)2-3-9(8)14(6)5-10(16)13-11/h2-4H,5,11H2,1H3,(H,13,16). The zero-order valence-electron chi connectivity index (χ0n) is 9.58. The summed E-state index contributed by atoms with van der Waals surface area (Å²) in [4.78, 5) is 25.6. The monoisotopic (exact) mass is 249 g/mol. The Labute approximate surface area is 102 Å². The van der Waals surface area contributed by atoms with E-state index in [0.29, 0.717) is 16.9 Å². The lowest BCUT2D eigenvalue weighted by Gasteiger charge is -2.04. The molecule has 0 aliphatic rings. The normalized spacial score (nSPS) is 10.6. The number of fused-ring (bicyclic) bond motifs is 1. The van der Waals surface area contributed by atoms with Crippen molar-refractivity contribution in [2.24, 2.45) is 5.84 Å². The predicted octanol–water partition coefficient (Wildman–Crippen LogP) is 0.243. The van der Waals surface area contributed by atoms with Crippen LogP contribution in [0.3, 0.4) is 0 Å². The number of benzene rings is 1. The highest BCUT2D eigenvalue weighted by atomic mass is 16.6. The fraction of sp³-hybridized carbons (Fsp3) is 0.200. The molecule has 0 spiro atoms. The second-order valence-corrected chi connectivity index (χ2v) is 3.74. The van der Waals surface area contributed by atoms with Gasteiger partial charge in [0, 0.05) is 12.1 Å². The number of hydrogen-bond donors (Lipinski definition) is 2. The third kappa shape index (κ3) is 2.00. The van der Waals surface area contributed by atoms with Crippen molar-refractivity contribution in [3.8, 4) is 0 Å². The first kappa shape index (κ1) is 12.0. The minimum absolute atomic E-state index is 0.0244. The van der Waals surface area contributed by atoms with Gasteiger partial charge in [-0.3, -0.25) is 20.3 Å². The van der Waals surface area contributed by atoms with Crippen molar-refractivity contribution in [1.82, 2.24) is 15.0 Å². The van der Waals surface area contributed by atoms with Crippen molar-refractivity contribution in [2.45, 2.75) is 13.5 Å². The molecule has 0 unspecified atom stereocenters. The van der Waals surface area contributed by atoms with Crippen LogP contribution in [-0.2, 0) is 11.3 Å². The SMILES string of the molecule is Cc1nc2cc([N+](=O)[O-])ccc2n1CC(=O)NN. The number of hydrogen-bond acceptors (Lipinski definition) is 5. The van der Waals surface area contributed by atoms with Gasteiger partial charge in [0.05, 0.1) is 16.0 Å². The predicted molar refractivity (Wildman–Crippen MR) is 63.5 cm³/mol. The zero-order valence-corrected chi connectivity index (χ0v) is 9.58. The third-order valence-electron chi connectivity index (χ3n) is 2.60. The number of nitro groups is 1. The number of imidazole rings is 1. The van der Waals surface area contributed by atoms with Gasteiger partial charge in [-0.05, 0) is 13.0 Å². The molecule has 2 aromatic rings. The number of nitro benzene ring substituents is 1. The summed E-state index contributed by atoms with van der Waals surface area (Å²) in [5, 5.41) is 10.7. The Hall–Kier alpha value is -2.48. The number of aryl methyl sites for hydroxylation is 1. The first-order valence-corrected chi connectivity index (χ1v) is 5.13. The van der Waals surface area contributed by atoms with Crippen molar-refractivity contribution in [3.05, 3.63) is 34.1 Å². The van der Waals surface area contributed by atoms with Gasteiger partial charge in [-0.2, -0.15) is 0 Å². The number of carbonyl (C=O) groups excluding carboxylic acids is 1. The maximum Gasteiger partial charge on any atom is 0.271 e. The van der Waals surface area contributed by atoms with Gasteiger partial charge in [-0.25, -0.2) is 10.8 Å². The molecule has 0 bridgehead atoms. The summed E-state index contributed by atoms with van der Waals surface area (Å²) in [6.07, 6.45) is 0. The van der Waals surface area contributed by atoms with E-state index in [4.69, 9.17) is 5.84 Å². The second-order valence-electron chi connectivity index (χ2n) is 3.74. The molecule has 0 saturated heterocycles. The van der Waals surface area contributed by atoms with Crippen LogP contribution in [-0.4, -0.2) is 20.4 Å². The number of nitrogens with two attached hydrogens (primary N) is 1. The molecule has 0 radical (unpaired) electrons. The van der Waals surface area contributed by atoms with E-state index in [9.17, 15) is 14.9 Å². The summed E-state index contributed by atoms with van der Waals surface area (Å²) in [6.45, 7) is 1.74. The Morgan fingerprint density at radius 1 is 1.61 bits per heavy atom. The van der Waals surface area contributed by atoms with Crippen LogP contribution in [0, 0.1) is 17.0 Å². The fourth-order valence-corrected chi connectivity index (χ4v) is 1.74. The number of nitrogens with zero attached hydrogens (tertiary/aromatic N) is 3. The Bertz CT molecular complexity index is 634. The van der Waals surface area contributed by atoms with E-state index in [-0.39, 0.29) is 18.1 Å². The molecule has 8 nitrogen and oxygen atoms in total. The van der Waals surface area contributed by atoms with Crippen molar-refractivity contribution in [1.29, 1.82) is 0 Å². The van der Waals surface area contributed by atoms with Crippen molar-refractivity contribution in [3.63, 3.8) is 0 Å². The van der Waals surface area contributed by atoms with Gasteiger partial charge in [-0.1, -0.05) is 0 Å².